The lowest BCUT2D eigenvalue weighted by Gasteiger charge is -2.28. The van der Waals surface area contributed by atoms with Crippen molar-refractivity contribution >= 4 is 52.7 Å². The van der Waals surface area contributed by atoms with Crippen LogP contribution in [0.15, 0.2) is 28.7 Å². The molecule has 158 valence electrons. The van der Waals surface area contributed by atoms with Gasteiger partial charge in [0.15, 0.2) is 16.6 Å². The normalized spacial score (nSPS) is 16.0. The van der Waals surface area contributed by atoms with Gasteiger partial charge in [-0.3, -0.25) is 4.79 Å². The van der Waals surface area contributed by atoms with Crippen LogP contribution in [0.3, 0.4) is 0 Å². The number of carboxylic acid groups (broad SMARTS) is 1. The molecule has 0 saturated carbocycles. The third-order valence-corrected chi connectivity index (χ3v) is 5.39. The number of aromatic carboxylic acids is 1. The van der Waals surface area contributed by atoms with Crippen molar-refractivity contribution in [3.8, 4) is 5.75 Å². The van der Waals surface area contributed by atoms with Crippen LogP contribution in [-0.4, -0.2) is 52.2 Å². The number of nitrogens with two attached hydrogens (primary N) is 1. The molecule has 1 aliphatic heterocycles. The van der Waals surface area contributed by atoms with E-state index in [0.29, 0.717) is 17.9 Å². The second kappa shape index (κ2) is 9.92. The Bertz CT molecular complexity index is 969. The highest BCUT2D eigenvalue weighted by Gasteiger charge is 2.38. The molecule has 12 heteroatoms. The summed E-state index contributed by atoms with van der Waals surface area (Å²) in [6.07, 6.45) is 0.722. The summed E-state index contributed by atoms with van der Waals surface area (Å²) in [6.45, 7) is 0.237. The lowest BCUT2D eigenvalue weighted by molar-refractivity contribution is -0.113. The quantitative estimate of drug-likeness (QED) is 0.173. The molecule has 0 radical (unpaired) electrons. The number of carbonyl (C=O) groups is 2. The first kappa shape index (κ1) is 22.1. The number of oxime groups is 1. The molecule has 2 aromatic rings. The van der Waals surface area contributed by atoms with Gasteiger partial charge in [0.1, 0.15) is 18.1 Å². The van der Waals surface area contributed by atoms with E-state index in [1.807, 2.05) is 0 Å². The van der Waals surface area contributed by atoms with Crippen LogP contribution in [0.25, 0.3) is 0 Å². The van der Waals surface area contributed by atoms with E-state index in [1.54, 1.807) is 17.5 Å². The highest BCUT2D eigenvalue weighted by atomic mass is 35.5. The summed E-state index contributed by atoms with van der Waals surface area (Å²) in [6, 6.07) is 4.70. The molecule has 0 saturated heterocycles. The molecule has 4 N–H and O–H groups in total. The van der Waals surface area contributed by atoms with Crippen LogP contribution >= 0.6 is 22.9 Å². The van der Waals surface area contributed by atoms with Crippen LogP contribution in [0.5, 0.6) is 5.75 Å². The van der Waals surface area contributed by atoms with Crippen LogP contribution in [0, 0.1) is 0 Å². The number of carbonyl (C=O) groups excluding carboxylic acids is 1. The smallest absolute Gasteiger partial charge is 0.526 e. The van der Waals surface area contributed by atoms with Crippen LogP contribution in [0.2, 0.25) is 5.82 Å². The van der Waals surface area contributed by atoms with Crippen molar-refractivity contribution in [1.29, 1.82) is 0 Å². The van der Waals surface area contributed by atoms with E-state index < -0.39 is 24.7 Å². The number of rotatable bonds is 9. The molecular weight excluding hydrogens is 433 g/mol. The zero-order valence-electron chi connectivity index (χ0n) is 15.8. The van der Waals surface area contributed by atoms with Crippen molar-refractivity contribution in [2.75, 3.05) is 18.2 Å². The molecule has 0 amide bonds. The van der Waals surface area contributed by atoms with Crippen molar-refractivity contribution in [1.82, 2.24) is 4.98 Å². The number of Topliss-reactive ketones (excluding diaryl/α,β-unsaturated/α-hetero) is 1. The van der Waals surface area contributed by atoms with E-state index in [-0.39, 0.29) is 47.3 Å². The highest BCUT2D eigenvalue weighted by Crippen LogP contribution is 2.36. The van der Waals surface area contributed by atoms with Crippen LogP contribution in [-0.2, 0) is 16.1 Å². The summed E-state index contributed by atoms with van der Waals surface area (Å²) in [7, 11) is -1.35. The fourth-order valence-corrected chi connectivity index (χ4v) is 3.68. The predicted molar refractivity (Wildman–Crippen MR) is 113 cm³/mol. The van der Waals surface area contributed by atoms with Gasteiger partial charge in [-0.25, -0.2) is 9.78 Å². The number of anilines is 1. The standard InChI is InChI=1S/C18H19BClN3O6S/c20-5-2-6-28-23-15(13-9-30-18(21)22-13)14(24)8-11-7-10-3-1-4-12(17(25)26)16(10)29-19(11)27/h1,3-4,9,11,27H,2,5-8H2,(H2,21,22)(H,25,26)/b23-15-/t11-/m1/s1. The van der Waals surface area contributed by atoms with Gasteiger partial charge in [0.25, 0.3) is 0 Å². The topological polar surface area (TPSA) is 144 Å². The largest absolute Gasteiger partial charge is 0.535 e. The Morgan fingerprint density at radius 1 is 1.47 bits per heavy atom. The number of carboxylic acids is 1. The third kappa shape index (κ3) is 5.10. The third-order valence-electron chi connectivity index (χ3n) is 4.45. The number of nitrogens with zero attached hydrogens (tertiary/aromatic N) is 2. The molecule has 1 aromatic carbocycles. The summed E-state index contributed by atoms with van der Waals surface area (Å²) in [4.78, 5) is 33.6. The van der Waals surface area contributed by atoms with E-state index in [1.165, 1.54) is 6.07 Å². The molecule has 0 spiro atoms. The fraction of sp³-hybridized carbons (Fsp3) is 0.333. The number of ketones is 1. The Kier molecular flexibility index (Phi) is 7.30. The van der Waals surface area contributed by atoms with Gasteiger partial charge < -0.3 is 25.4 Å². The number of hydrogen-bond acceptors (Lipinski definition) is 9. The Balaban J connectivity index is 1.78. The van der Waals surface area contributed by atoms with E-state index in [0.717, 1.165) is 11.3 Å². The molecular formula is C18H19BClN3O6S. The number of hydrogen-bond donors (Lipinski definition) is 3. The van der Waals surface area contributed by atoms with E-state index in [2.05, 4.69) is 10.1 Å². The minimum Gasteiger partial charge on any atom is -0.535 e. The van der Waals surface area contributed by atoms with Crippen molar-refractivity contribution < 1.29 is 29.2 Å². The summed E-state index contributed by atoms with van der Waals surface area (Å²) in [5.41, 5.74) is 6.51. The number of fused-ring (bicyclic) bond motifs is 1. The molecule has 30 heavy (non-hydrogen) atoms. The minimum atomic E-state index is -1.35. The fourth-order valence-electron chi connectivity index (χ4n) is 3.03. The zero-order chi connectivity index (χ0) is 21.7. The number of alkyl halides is 1. The molecule has 3 rings (SSSR count). The first-order chi connectivity index (χ1) is 14.4. The highest BCUT2D eigenvalue weighted by molar-refractivity contribution is 7.13. The zero-order valence-corrected chi connectivity index (χ0v) is 17.4. The lowest BCUT2D eigenvalue weighted by Crippen LogP contribution is -2.36. The maximum atomic E-state index is 12.9. The first-order valence-electron chi connectivity index (χ1n) is 9.11. The van der Waals surface area contributed by atoms with Crippen molar-refractivity contribution in [2.45, 2.75) is 25.1 Å². The van der Waals surface area contributed by atoms with E-state index in [4.69, 9.17) is 26.8 Å². The van der Waals surface area contributed by atoms with Gasteiger partial charge >= 0.3 is 13.1 Å². The van der Waals surface area contributed by atoms with Crippen molar-refractivity contribution in [3.63, 3.8) is 0 Å². The van der Waals surface area contributed by atoms with Crippen LogP contribution < -0.4 is 10.4 Å². The average molecular weight is 452 g/mol. The first-order valence-corrected chi connectivity index (χ1v) is 10.5. The molecule has 2 heterocycles. The lowest BCUT2D eigenvalue weighted by atomic mass is 9.64. The SMILES string of the molecule is Nc1nc(/C(=N/OCCCCl)C(=O)C[C@H]2Cc3cccc(C(=O)O)c3OB2O)cs1. The Hall–Kier alpha value is -2.63. The number of halogens is 1. The molecule has 1 atom stereocenters. The maximum absolute atomic E-state index is 12.9. The Morgan fingerprint density at radius 2 is 2.27 bits per heavy atom. The number of thiazole rings is 1. The summed E-state index contributed by atoms with van der Waals surface area (Å²) >= 11 is 6.78. The van der Waals surface area contributed by atoms with Gasteiger partial charge in [-0.1, -0.05) is 17.3 Å². The van der Waals surface area contributed by atoms with E-state index >= 15 is 0 Å². The van der Waals surface area contributed by atoms with Gasteiger partial charge in [-0.2, -0.15) is 0 Å². The summed E-state index contributed by atoms with van der Waals surface area (Å²) in [5, 5.41) is 25.5. The Labute approximate surface area is 181 Å². The van der Waals surface area contributed by atoms with Crippen molar-refractivity contribution in [3.05, 3.63) is 40.4 Å². The molecule has 0 bridgehead atoms. The molecule has 0 unspecified atom stereocenters. The molecule has 9 nitrogen and oxygen atoms in total. The number of benzene rings is 1. The van der Waals surface area contributed by atoms with Gasteiger partial charge in [-0.05, 0) is 24.5 Å². The number of para-hydroxylation sites is 1. The molecule has 0 aliphatic carbocycles. The number of aromatic nitrogens is 1. The van der Waals surface area contributed by atoms with Gasteiger partial charge in [-0.15, -0.1) is 22.9 Å². The summed E-state index contributed by atoms with van der Waals surface area (Å²) in [5.74, 6) is -1.65. The second-order valence-corrected chi connectivity index (χ2v) is 7.85. The van der Waals surface area contributed by atoms with E-state index in [9.17, 15) is 19.7 Å². The molecule has 1 aliphatic rings. The van der Waals surface area contributed by atoms with Crippen LogP contribution in [0.4, 0.5) is 5.13 Å². The van der Waals surface area contributed by atoms with Crippen LogP contribution in [0.1, 0.15) is 34.5 Å². The average Bonchev–Trinajstić information content (AvgIpc) is 3.13. The monoisotopic (exact) mass is 451 g/mol. The predicted octanol–water partition coefficient (Wildman–Crippen LogP) is 2.22. The number of nitrogen functional groups attached to an aromatic ring is 1. The summed E-state index contributed by atoms with van der Waals surface area (Å²) < 4.78 is 5.44. The van der Waals surface area contributed by atoms with Gasteiger partial charge in [0.05, 0.1) is 5.56 Å². The Morgan fingerprint density at radius 3 is 2.93 bits per heavy atom. The maximum Gasteiger partial charge on any atom is 0.526 e. The second-order valence-electron chi connectivity index (χ2n) is 6.59. The molecule has 0 fully saturated rings. The minimum absolute atomic E-state index is 0.00481. The van der Waals surface area contributed by atoms with Gasteiger partial charge in [0, 0.05) is 23.5 Å². The van der Waals surface area contributed by atoms with Gasteiger partial charge in [0.2, 0.25) is 0 Å². The molecule has 1 aromatic heterocycles. The van der Waals surface area contributed by atoms with Crippen molar-refractivity contribution in [2.24, 2.45) is 5.16 Å².